The van der Waals surface area contributed by atoms with Gasteiger partial charge in [0, 0.05) is 0 Å². The Kier molecular flexibility index (Phi) is 5.16. The number of nitrogens with zero attached hydrogens (tertiary/aromatic N) is 3. The van der Waals surface area contributed by atoms with Gasteiger partial charge in [0.15, 0.2) is 4.34 Å². The van der Waals surface area contributed by atoms with E-state index in [4.69, 9.17) is 0 Å². The maximum atomic E-state index is 12.0. The van der Waals surface area contributed by atoms with Gasteiger partial charge >= 0.3 is 0 Å². The summed E-state index contributed by atoms with van der Waals surface area (Å²) in [5, 5.41) is 19.9. The monoisotopic (exact) mass is 296 g/mol. The zero-order valence-electron chi connectivity index (χ0n) is 10.6. The van der Waals surface area contributed by atoms with Gasteiger partial charge in [-0.1, -0.05) is 48.8 Å². The first-order chi connectivity index (χ1) is 9.24. The van der Waals surface area contributed by atoms with Crippen LogP contribution in [-0.2, 0) is 4.79 Å². The van der Waals surface area contributed by atoms with E-state index in [2.05, 4.69) is 21.6 Å². The first-order valence-electron chi connectivity index (χ1n) is 6.35. The average Bonchev–Trinajstić information content (AvgIpc) is 2.83. The van der Waals surface area contributed by atoms with E-state index < -0.39 is 5.54 Å². The van der Waals surface area contributed by atoms with Crippen LogP contribution < -0.4 is 5.32 Å². The first-order valence-corrected chi connectivity index (χ1v) is 8.22. The minimum atomic E-state index is -0.657. The van der Waals surface area contributed by atoms with Crippen molar-refractivity contribution in [2.45, 2.75) is 48.4 Å². The number of aromatic nitrogens is 2. The van der Waals surface area contributed by atoms with Gasteiger partial charge in [-0.3, -0.25) is 4.79 Å². The van der Waals surface area contributed by atoms with Crippen LogP contribution in [-0.4, -0.2) is 27.4 Å². The molecule has 2 rings (SSSR count). The van der Waals surface area contributed by atoms with Crippen molar-refractivity contribution in [1.82, 2.24) is 15.5 Å². The standard InChI is InChI=1S/C12H16N4OS2/c13-8-12(5-3-1-2-4-6-12)15-10(17)7-18-11-16-14-9-19-11/h9H,1-7H2,(H,15,17). The van der Waals surface area contributed by atoms with E-state index in [1.807, 2.05) is 0 Å². The number of carbonyl (C=O) groups excluding carboxylic acids is 1. The van der Waals surface area contributed by atoms with Crippen LogP contribution in [0, 0.1) is 11.3 Å². The summed E-state index contributed by atoms with van der Waals surface area (Å²) in [6.45, 7) is 0. The first kappa shape index (κ1) is 14.3. The molecule has 7 heteroatoms. The molecule has 1 fully saturated rings. The predicted octanol–water partition coefficient (Wildman–Crippen LogP) is 2.36. The molecule has 0 aliphatic heterocycles. The summed E-state index contributed by atoms with van der Waals surface area (Å²) in [6.07, 6.45) is 5.85. The Bertz CT molecular complexity index is 447. The number of carbonyl (C=O) groups is 1. The minimum absolute atomic E-state index is 0.0938. The third-order valence-electron chi connectivity index (χ3n) is 3.22. The zero-order chi connectivity index (χ0) is 13.6. The molecule has 1 saturated carbocycles. The number of thioether (sulfide) groups is 1. The number of nitrogens with one attached hydrogen (secondary N) is 1. The van der Waals surface area contributed by atoms with Gasteiger partial charge in [0.1, 0.15) is 11.0 Å². The molecule has 1 aromatic rings. The Morgan fingerprint density at radius 1 is 1.47 bits per heavy atom. The van der Waals surface area contributed by atoms with Crippen LogP contribution in [0.3, 0.4) is 0 Å². The maximum Gasteiger partial charge on any atom is 0.231 e. The number of hydrogen-bond acceptors (Lipinski definition) is 6. The molecular weight excluding hydrogens is 280 g/mol. The lowest BCUT2D eigenvalue weighted by molar-refractivity contribution is -0.120. The third-order valence-corrected chi connectivity index (χ3v) is 5.08. The van der Waals surface area contributed by atoms with Crippen molar-refractivity contribution < 1.29 is 4.79 Å². The quantitative estimate of drug-likeness (QED) is 0.681. The number of nitriles is 1. The lowest BCUT2D eigenvalue weighted by atomic mass is 9.92. The fourth-order valence-corrected chi connectivity index (χ4v) is 3.54. The van der Waals surface area contributed by atoms with E-state index in [1.165, 1.54) is 23.1 Å². The van der Waals surface area contributed by atoms with Crippen LogP contribution in [0.4, 0.5) is 0 Å². The van der Waals surface area contributed by atoms with E-state index in [1.54, 1.807) is 5.51 Å². The Morgan fingerprint density at radius 3 is 2.79 bits per heavy atom. The topological polar surface area (TPSA) is 78.7 Å². The van der Waals surface area contributed by atoms with Crippen molar-refractivity contribution >= 4 is 29.0 Å². The molecule has 0 spiro atoms. The molecule has 0 aromatic carbocycles. The summed E-state index contributed by atoms with van der Waals surface area (Å²) < 4.78 is 0.780. The highest BCUT2D eigenvalue weighted by Gasteiger charge is 2.32. The Labute approximate surface area is 120 Å². The Hall–Kier alpha value is -1.13. The van der Waals surface area contributed by atoms with Crippen molar-refractivity contribution in [3.05, 3.63) is 5.51 Å². The van der Waals surface area contributed by atoms with Crippen LogP contribution >= 0.6 is 23.1 Å². The molecule has 0 atom stereocenters. The van der Waals surface area contributed by atoms with Gasteiger partial charge in [0.2, 0.25) is 5.91 Å². The normalized spacial score (nSPS) is 18.3. The minimum Gasteiger partial charge on any atom is -0.337 e. The van der Waals surface area contributed by atoms with Gasteiger partial charge < -0.3 is 5.32 Å². The number of rotatable bonds is 4. The molecule has 0 unspecified atom stereocenters. The smallest absolute Gasteiger partial charge is 0.231 e. The van der Waals surface area contributed by atoms with E-state index in [-0.39, 0.29) is 5.91 Å². The molecule has 1 aliphatic rings. The second kappa shape index (κ2) is 6.87. The average molecular weight is 296 g/mol. The molecule has 1 aliphatic carbocycles. The van der Waals surface area contributed by atoms with Gasteiger partial charge in [-0.2, -0.15) is 5.26 Å². The molecule has 0 saturated heterocycles. The summed E-state index contributed by atoms with van der Waals surface area (Å²) in [7, 11) is 0. The van der Waals surface area contributed by atoms with Crippen LogP contribution in [0.25, 0.3) is 0 Å². The van der Waals surface area contributed by atoms with Crippen LogP contribution in [0.1, 0.15) is 38.5 Å². The summed E-state index contributed by atoms with van der Waals surface area (Å²) >= 11 is 2.78. The molecule has 1 amide bonds. The summed E-state index contributed by atoms with van der Waals surface area (Å²) in [6, 6.07) is 2.31. The Morgan fingerprint density at radius 2 is 2.21 bits per heavy atom. The van der Waals surface area contributed by atoms with Gasteiger partial charge in [-0.25, -0.2) is 0 Å². The zero-order valence-corrected chi connectivity index (χ0v) is 12.2. The fourth-order valence-electron chi connectivity index (χ4n) is 2.25. The predicted molar refractivity (Wildman–Crippen MR) is 74.8 cm³/mol. The highest BCUT2D eigenvalue weighted by Crippen LogP contribution is 2.27. The molecule has 0 radical (unpaired) electrons. The van der Waals surface area contributed by atoms with E-state index in [9.17, 15) is 10.1 Å². The van der Waals surface area contributed by atoms with Gasteiger partial charge in [-0.05, 0) is 12.8 Å². The molecule has 0 bridgehead atoms. The lowest BCUT2D eigenvalue weighted by Gasteiger charge is -2.26. The molecule has 1 heterocycles. The maximum absolute atomic E-state index is 12.0. The second-order valence-electron chi connectivity index (χ2n) is 4.65. The van der Waals surface area contributed by atoms with Gasteiger partial charge in [0.25, 0.3) is 0 Å². The summed E-state index contributed by atoms with van der Waals surface area (Å²) in [4.78, 5) is 12.0. The SMILES string of the molecule is N#CC1(NC(=O)CSc2nncs2)CCCCCC1. The fraction of sp³-hybridized carbons (Fsp3) is 0.667. The van der Waals surface area contributed by atoms with E-state index in [0.717, 1.165) is 42.9 Å². The highest BCUT2D eigenvalue weighted by molar-refractivity contribution is 8.01. The summed E-state index contributed by atoms with van der Waals surface area (Å²) in [5.74, 6) is 0.196. The second-order valence-corrected chi connectivity index (χ2v) is 6.71. The molecule has 1 aromatic heterocycles. The molecule has 19 heavy (non-hydrogen) atoms. The highest BCUT2D eigenvalue weighted by atomic mass is 32.2. The largest absolute Gasteiger partial charge is 0.337 e. The molecular formula is C12H16N4OS2. The number of hydrogen-bond donors (Lipinski definition) is 1. The van der Waals surface area contributed by atoms with Crippen LogP contribution in [0.2, 0.25) is 0 Å². The van der Waals surface area contributed by atoms with E-state index >= 15 is 0 Å². The molecule has 5 nitrogen and oxygen atoms in total. The van der Waals surface area contributed by atoms with E-state index in [0.29, 0.717) is 5.75 Å². The third kappa shape index (κ3) is 4.18. The summed E-state index contributed by atoms with van der Waals surface area (Å²) in [5.41, 5.74) is 0.984. The lowest BCUT2D eigenvalue weighted by Crippen LogP contribution is -2.47. The van der Waals surface area contributed by atoms with Crippen molar-refractivity contribution in [2.24, 2.45) is 0 Å². The Balaban J connectivity index is 1.87. The molecule has 102 valence electrons. The number of amides is 1. The van der Waals surface area contributed by atoms with Crippen LogP contribution in [0.5, 0.6) is 0 Å². The van der Waals surface area contributed by atoms with Crippen molar-refractivity contribution in [1.29, 1.82) is 5.26 Å². The van der Waals surface area contributed by atoms with Crippen molar-refractivity contribution in [3.63, 3.8) is 0 Å². The van der Waals surface area contributed by atoms with Gasteiger partial charge in [-0.15, -0.1) is 10.2 Å². The van der Waals surface area contributed by atoms with Crippen molar-refractivity contribution in [2.75, 3.05) is 5.75 Å². The van der Waals surface area contributed by atoms with Gasteiger partial charge in [0.05, 0.1) is 11.8 Å². The van der Waals surface area contributed by atoms with Crippen LogP contribution in [0.15, 0.2) is 9.85 Å². The van der Waals surface area contributed by atoms with Crippen molar-refractivity contribution in [3.8, 4) is 6.07 Å². The molecule has 1 N–H and O–H groups in total.